The third-order valence-electron chi connectivity index (χ3n) is 4.44. The molecule has 6 heteroatoms. The van der Waals surface area contributed by atoms with Gasteiger partial charge in [-0.1, -0.05) is 11.6 Å². The van der Waals surface area contributed by atoms with E-state index in [1.54, 1.807) is 30.4 Å². The number of carbonyl (C=O) groups is 1. The van der Waals surface area contributed by atoms with Gasteiger partial charge in [0, 0.05) is 36.3 Å². The van der Waals surface area contributed by atoms with Crippen LogP contribution in [0.15, 0.2) is 70.1 Å². The lowest BCUT2D eigenvalue weighted by Gasteiger charge is -2.20. The minimum atomic E-state index is -0.0151. The van der Waals surface area contributed by atoms with Crippen LogP contribution in [0.3, 0.4) is 0 Å². The SMILES string of the molecule is CCN(CCOC)C(=O)c1ccc(N=Cc2ccc(-c3ccc(Cl)cc3)o2)cc1. The monoisotopic (exact) mass is 410 g/mol. The average molecular weight is 411 g/mol. The Morgan fingerprint density at radius 2 is 1.83 bits per heavy atom. The maximum Gasteiger partial charge on any atom is 0.253 e. The number of likely N-dealkylation sites (N-methyl/N-ethyl adjacent to an activating group) is 1. The molecule has 3 aromatic rings. The van der Waals surface area contributed by atoms with Crippen LogP contribution in [0.4, 0.5) is 5.69 Å². The summed E-state index contributed by atoms with van der Waals surface area (Å²) in [4.78, 5) is 18.7. The molecule has 0 saturated carbocycles. The topological polar surface area (TPSA) is 55.0 Å². The maximum absolute atomic E-state index is 12.5. The van der Waals surface area contributed by atoms with Crippen molar-refractivity contribution in [1.82, 2.24) is 4.90 Å². The summed E-state index contributed by atoms with van der Waals surface area (Å²) in [6.45, 7) is 3.67. The molecule has 1 aromatic heterocycles. The summed E-state index contributed by atoms with van der Waals surface area (Å²) >= 11 is 5.92. The third-order valence-corrected chi connectivity index (χ3v) is 4.70. The van der Waals surface area contributed by atoms with E-state index in [0.717, 1.165) is 17.0 Å². The fourth-order valence-corrected chi connectivity index (χ4v) is 2.93. The van der Waals surface area contributed by atoms with Crippen LogP contribution in [0, 0.1) is 0 Å². The highest BCUT2D eigenvalue weighted by Gasteiger charge is 2.13. The molecule has 0 radical (unpaired) electrons. The highest BCUT2D eigenvalue weighted by atomic mass is 35.5. The van der Waals surface area contributed by atoms with Crippen molar-refractivity contribution in [3.8, 4) is 11.3 Å². The molecule has 0 unspecified atom stereocenters. The molecule has 0 atom stereocenters. The fraction of sp³-hybridized carbons (Fsp3) is 0.217. The minimum absolute atomic E-state index is 0.0151. The third kappa shape index (κ3) is 5.56. The Hall–Kier alpha value is -2.89. The number of benzene rings is 2. The predicted octanol–water partition coefficient (Wildman–Crippen LogP) is 5.46. The molecule has 0 spiro atoms. The van der Waals surface area contributed by atoms with Gasteiger partial charge < -0.3 is 14.1 Å². The van der Waals surface area contributed by atoms with Crippen molar-refractivity contribution < 1.29 is 13.9 Å². The minimum Gasteiger partial charge on any atom is -0.455 e. The summed E-state index contributed by atoms with van der Waals surface area (Å²) < 4.78 is 10.9. The highest BCUT2D eigenvalue weighted by molar-refractivity contribution is 6.30. The molecular formula is C23H23ClN2O3. The maximum atomic E-state index is 12.5. The zero-order chi connectivity index (χ0) is 20.6. The van der Waals surface area contributed by atoms with Gasteiger partial charge in [-0.15, -0.1) is 0 Å². The van der Waals surface area contributed by atoms with Gasteiger partial charge in [-0.2, -0.15) is 0 Å². The van der Waals surface area contributed by atoms with Crippen molar-refractivity contribution in [3.63, 3.8) is 0 Å². The van der Waals surface area contributed by atoms with E-state index in [1.165, 1.54) is 0 Å². The lowest BCUT2D eigenvalue weighted by molar-refractivity contribution is 0.0706. The summed E-state index contributed by atoms with van der Waals surface area (Å²) in [6.07, 6.45) is 1.66. The van der Waals surface area contributed by atoms with Crippen LogP contribution in [0.2, 0.25) is 5.02 Å². The summed E-state index contributed by atoms with van der Waals surface area (Å²) in [5, 5.41) is 0.685. The van der Waals surface area contributed by atoms with Crippen LogP contribution in [0.25, 0.3) is 11.3 Å². The molecule has 1 heterocycles. The Labute approximate surface area is 175 Å². The van der Waals surface area contributed by atoms with Gasteiger partial charge in [0.2, 0.25) is 0 Å². The molecule has 2 aromatic carbocycles. The van der Waals surface area contributed by atoms with Crippen LogP contribution in [0.5, 0.6) is 0 Å². The van der Waals surface area contributed by atoms with E-state index >= 15 is 0 Å². The molecule has 0 aliphatic carbocycles. The first-order valence-corrected chi connectivity index (χ1v) is 9.76. The molecule has 0 aliphatic rings. The van der Waals surface area contributed by atoms with E-state index in [4.69, 9.17) is 20.8 Å². The van der Waals surface area contributed by atoms with Gasteiger partial charge in [-0.05, 0) is 67.6 Å². The number of hydrogen-bond acceptors (Lipinski definition) is 4. The number of ether oxygens (including phenoxy) is 1. The van der Waals surface area contributed by atoms with E-state index in [2.05, 4.69) is 4.99 Å². The Balaban J connectivity index is 1.66. The van der Waals surface area contributed by atoms with Crippen LogP contribution in [0.1, 0.15) is 23.0 Å². The lowest BCUT2D eigenvalue weighted by atomic mass is 10.2. The first-order valence-electron chi connectivity index (χ1n) is 9.39. The molecule has 5 nitrogen and oxygen atoms in total. The molecule has 0 bridgehead atoms. The van der Waals surface area contributed by atoms with Gasteiger partial charge in [-0.3, -0.25) is 9.79 Å². The Morgan fingerprint density at radius 3 is 2.48 bits per heavy atom. The van der Waals surface area contributed by atoms with Crippen molar-refractivity contribution in [2.75, 3.05) is 26.8 Å². The number of amides is 1. The Bertz CT molecular complexity index is 963. The van der Waals surface area contributed by atoms with Crippen LogP contribution >= 0.6 is 11.6 Å². The smallest absolute Gasteiger partial charge is 0.253 e. The van der Waals surface area contributed by atoms with E-state index in [0.29, 0.717) is 36.0 Å². The molecule has 29 heavy (non-hydrogen) atoms. The fourth-order valence-electron chi connectivity index (χ4n) is 2.81. The summed E-state index contributed by atoms with van der Waals surface area (Å²) in [5.74, 6) is 1.38. The molecular weight excluding hydrogens is 388 g/mol. The predicted molar refractivity (Wildman–Crippen MR) is 116 cm³/mol. The Morgan fingerprint density at radius 1 is 1.10 bits per heavy atom. The molecule has 150 valence electrons. The van der Waals surface area contributed by atoms with Gasteiger partial charge in [-0.25, -0.2) is 0 Å². The van der Waals surface area contributed by atoms with Crippen molar-refractivity contribution in [3.05, 3.63) is 77.0 Å². The molecule has 1 amide bonds. The van der Waals surface area contributed by atoms with E-state index in [9.17, 15) is 4.79 Å². The van der Waals surface area contributed by atoms with Gasteiger partial charge in [0.15, 0.2) is 0 Å². The van der Waals surface area contributed by atoms with Gasteiger partial charge in [0.25, 0.3) is 5.91 Å². The summed E-state index contributed by atoms with van der Waals surface area (Å²) in [5.41, 5.74) is 2.32. The number of carbonyl (C=O) groups excluding carboxylic acids is 1. The van der Waals surface area contributed by atoms with Crippen LogP contribution in [-0.2, 0) is 4.74 Å². The van der Waals surface area contributed by atoms with Crippen molar-refractivity contribution in [2.24, 2.45) is 4.99 Å². The highest BCUT2D eigenvalue weighted by Crippen LogP contribution is 2.23. The normalized spacial score (nSPS) is 11.1. The zero-order valence-electron chi connectivity index (χ0n) is 16.5. The number of rotatable bonds is 8. The van der Waals surface area contributed by atoms with Crippen molar-refractivity contribution in [1.29, 1.82) is 0 Å². The quantitative estimate of drug-likeness (QED) is 0.463. The van der Waals surface area contributed by atoms with Crippen LogP contribution < -0.4 is 0 Å². The standard InChI is InChI=1S/C23H23ClN2O3/c1-3-26(14-15-28-2)23(27)18-6-10-20(11-7-18)25-16-21-12-13-22(29-21)17-4-8-19(24)9-5-17/h4-13,16H,3,14-15H2,1-2H3. The molecule has 0 N–H and O–H groups in total. The Kier molecular flexibility index (Phi) is 7.22. The molecule has 0 aliphatic heterocycles. The van der Waals surface area contributed by atoms with Crippen molar-refractivity contribution >= 4 is 29.4 Å². The number of halogens is 1. The van der Waals surface area contributed by atoms with Gasteiger partial charge in [0.05, 0.1) is 18.5 Å². The molecule has 0 saturated heterocycles. The number of nitrogens with zero attached hydrogens (tertiary/aromatic N) is 2. The number of hydrogen-bond donors (Lipinski definition) is 0. The first kappa shape index (κ1) is 20.8. The lowest BCUT2D eigenvalue weighted by Crippen LogP contribution is -2.33. The number of aliphatic imine (C=N–C) groups is 1. The van der Waals surface area contributed by atoms with Crippen LogP contribution in [-0.4, -0.2) is 43.8 Å². The second-order valence-corrected chi connectivity index (χ2v) is 6.83. The summed E-state index contributed by atoms with van der Waals surface area (Å²) in [6, 6.07) is 18.4. The van der Waals surface area contributed by atoms with Crippen molar-refractivity contribution in [2.45, 2.75) is 6.92 Å². The second-order valence-electron chi connectivity index (χ2n) is 6.39. The second kappa shape index (κ2) is 10.0. The van der Waals surface area contributed by atoms with Gasteiger partial charge in [0.1, 0.15) is 11.5 Å². The molecule has 0 fully saturated rings. The van der Waals surface area contributed by atoms with E-state index in [-0.39, 0.29) is 5.91 Å². The zero-order valence-corrected chi connectivity index (χ0v) is 17.2. The summed E-state index contributed by atoms with van der Waals surface area (Å²) in [7, 11) is 1.63. The first-order chi connectivity index (χ1) is 14.1. The molecule has 3 rings (SSSR count). The number of methoxy groups -OCH3 is 1. The van der Waals surface area contributed by atoms with Gasteiger partial charge >= 0.3 is 0 Å². The average Bonchev–Trinajstić information content (AvgIpc) is 3.22. The number of furan rings is 1. The van der Waals surface area contributed by atoms with E-state index < -0.39 is 0 Å². The van der Waals surface area contributed by atoms with E-state index in [1.807, 2.05) is 55.5 Å². The largest absolute Gasteiger partial charge is 0.455 e.